The van der Waals surface area contributed by atoms with Crippen LogP contribution in [0.2, 0.25) is 0 Å². The van der Waals surface area contributed by atoms with Gasteiger partial charge < -0.3 is 22.7 Å². The number of hydrogen-bond acceptors (Lipinski definition) is 10. The van der Waals surface area contributed by atoms with Crippen LogP contribution in [0.4, 0.5) is 0 Å². The molecule has 0 saturated carbocycles. The third-order valence-electron chi connectivity index (χ3n) is 27.9. The van der Waals surface area contributed by atoms with Crippen molar-refractivity contribution in [3.8, 4) is 113 Å². The summed E-state index contributed by atoms with van der Waals surface area (Å²) in [4.78, 5) is 30.1. The Labute approximate surface area is 812 Å². The SMILES string of the molecule is c1ccc(-c2nc(-c3ccccc3)nc(-c3ccc4oc5ccc(-n6c7ccccc7c7cc(-c8cccc9c8sc8c9ccc9c%10ccccc%10n(-c%10ccccc%10)c98)ccc76)cc5c4c3)n2)cc1.c1ccc(-c2nc(-c3ccccc3)nc(-c3ccc4sc5ccc(-n6c7ccccc7c7cc(-c8cccc9c8sc8c9ccc9c%10ccccc%10n(-c%10ccccc%10)c98)ccc76)cc5c4c3)n2)cc1. The smallest absolute Gasteiger partial charge is 0.164 e. The molecule has 0 radical (unpaired) electrons. The largest absolute Gasteiger partial charge is 0.456 e. The summed E-state index contributed by atoms with van der Waals surface area (Å²) in [5, 5.41) is 19.5. The Morgan fingerprint density at radius 3 is 0.893 bits per heavy atom. The molecule has 0 atom stereocenters. The minimum atomic E-state index is 0.605. The van der Waals surface area contributed by atoms with Crippen molar-refractivity contribution >= 4 is 204 Å². The van der Waals surface area contributed by atoms with Crippen LogP contribution >= 0.6 is 34.0 Å². The van der Waals surface area contributed by atoms with E-state index in [0.717, 1.165) is 77.7 Å². The minimum Gasteiger partial charge on any atom is -0.456 e. The third kappa shape index (κ3) is 12.7. The number of hydrogen-bond donors (Lipinski definition) is 0. The van der Waals surface area contributed by atoms with E-state index < -0.39 is 0 Å². The second-order valence-electron chi connectivity index (χ2n) is 35.9. The van der Waals surface area contributed by atoms with Crippen molar-refractivity contribution < 1.29 is 4.42 Å². The predicted octanol–water partition coefficient (Wildman–Crippen LogP) is 34.5. The van der Waals surface area contributed by atoms with Crippen LogP contribution in [-0.2, 0) is 0 Å². The Balaban J connectivity index is 0.000000134. The maximum Gasteiger partial charge on any atom is 0.164 e. The van der Waals surface area contributed by atoms with Gasteiger partial charge in [0, 0.05) is 161 Å². The van der Waals surface area contributed by atoms with Crippen LogP contribution in [0.15, 0.2) is 453 Å². The summed E-state index contributed by atoms with van der Waals surface area (Å²) in [6.07, 6.45) is 0. The number of furan rings is 1. The zero-order chi connectivity index (χ0) is 91.7. The van der Waals surface area contributed by atoms with Gasteiger partial charge in [0.2, 0.25) is 0 Å². The summed E-state index contributed by atoms with van der Waals surface area (Å²) in [5.41, 5.74) is 26.3. The Morgan fingerprint density at radius 2 is 0.457 bits per heavy atom. The molecular formula is C126H74N10OS3. The van der Waals surface area contributed by atoms with Crippen LogP contribution in [0.25, 0.3) is 283 Å². The van der Waals surface area contributed by atoms with Crippen LogP contribution < -0.4 is 0 Å². The highest BCUT2D eigenvalue weighted by molar-refractivity contribution is 7.28. The van der Waals surface area contributed by atoms with Gasteiger partial charge in [-0.25, -0.2) is 29.9 Å². The van der Waals surface area contributed by atoms with E-state index in [2.05, 4.69) is 358 Å². The predicted molar refractivity (Wildman–Crippen MR) is 586 cm³/mol. The molecule has 140 heavy (non-hydrogen) atoms. The van der Waals surface area contributed by atoms with Gasteiger partial charge in [0.15, 0.2) is 34.9 Å². The van der Waals surface area contributed by atoms with Crippen molar-refractivity contribution in [1.82, 2.24) is 48.2 Å². The molecule has 0 aliphatic rings. The molecule has 0 unspecified atom stereocenters. The molecule has 10 aromatic heterocycles. The van der Waals surface area contributed by atoms with Crippen molar-refractivity contribution in [1.29, 1.82) is 0 Å². The summed E-state index contributed by atoms with van der Waals surface area (Å²) in [6, 6.07) is 160. The van der Waals surface area contributed by atoms with Crippen molar-refractivity contribution in [2.45, 2.75) is 0 Å². The number of thiophene rings is 3. The van der Waals surface area contributed by atoms with Crippen LogP contribution in [0.1, 0.15) is 0 Å². The van der Waals surface area contributed by atoms with Crippen LogP contribution in [-0.4, -0.2) is 48.2 Å². The Hall–Kier alpha value is -17.9. The van der Waals surface area contributed by atoms with E-state index in [4.69, 9.17) is 34.3 Å². The second kappa shape index (κ2) is 31.9. The van der Waals surface area contributed by atoms with Crippen LogP contribution in [0.3, 0.4) is 0 Å². The first-order valence-corrected chi connectivity index (χ1v) is 49.5. The lowest BCUT2D eigenvalue weighted by molar-refractivity contribution is 0.669. The van der Waals surface area contributed by atoms with Gasteiger partial charge >= 0.3 is 0 Å². The van der Waals surface area contributed by atoms with Crippen molar-refractivity contribution in [3.63, 3.8) is 0 Å². The molecule has 30 aromatic rings. The molecule has 0 saturated heterocycles. The normalized spacial score (nSPS) is 12.0. The quantitative estimate of drug-likeness (QED) is 0.120. The summed E-state index contributed by atoms with van der Waals surface area (Å²) < 4.78 is 23.9. The van der Waals surface area contributed by atoms with E-state index in [1.54, 1.807) is 0 Å². The molecule has 14 heteroatoms. The first-order valence-electron chi connectivity index (χ1n) is 47.0. The number of benzene rings is 20. The summed E-state index contributed by atoms with van der Waals surface area (Å²) in [5.74, 6) is 3.82. The van der Waals surface area contributed by atoms with E-state index in [1.165, 1.54) is 170 Å². The Kier molecular flexibility index (Phi) is 18.1. The zero-order valence-electron chi connectivity index (χ0n) is 74.8. The van der Waals surface area contributed by atoms with Gasteiger partial charge in [0.05, 0.1) is 53.5 Å². The van der Waals surface area contributed by atoms with E-state index in [9.17, 15) is 0 Å². The molecular weight excluding hydrogens is 1770 g/mol. The first kappa shape index (κ1) is 79.5. The van der Waals surface area contributed by atoms with Crippen LogP contribution in [0.5, 0.6) is 0 Å². The van der Waals surface area contributed by atoms with Crippen molar-refractivity contribution in [3.05, 3.63) is 449 Å². The standard InChI is InChI=1S/C63H37N5OS.C63H37N5S2/c2*1-4-15-38(16-5-1)61-64-62(39-17-6-2-7-18-39)66-63(65-61)41-28-33-56-51(36-41)52-37-43(29-34-57(52)69-56)67-53-25-12-11-22-46(53)50-35-40(27-32-55(50)67)44-23-14-24-48-49-31-30-47-45-21-10-13-26-54(45)68(42-19-8-3-9-20-42)58(47)60(49)70-59(44)48/h2*1-37H. The van der Waals surface area contributed by atoms with Gasteiger partial charge in [-0.15, -0.1) is 34.0 Å². The number of aromatic nitrogens is 10. The third-order valence-corrected chi connectivity index (χ3v) is 31.6. The molecule has 652 valence electrons. The van der Waals surface area contributed by atoms with E-state index in [-0.39, 0.29) is 0 Å². The molecule has 0 amide bonds. The summed E-state index contributed by atoms with van der Waals surface area (Å²) in [7, 11) is 0. The highest BCUT2D eigenvalue weighted by Crippen LogP contribution is 2.51. The van der Waals surface area contributed by atoms with E-state index in [1.807, 2.05) is 143 Å². The first-order chi connectivity index (χ1) is 69.4. The molecule has 20 aromatic carbocycles. The maximum absolute atomic E-state index is 6.50. The van der Waals surface area contributed by atoms with Gasteiger partial charge in [-0.3, -0.25) is 0 Å². The van der Waals surface area contributed by atoms with Crippen LogP contribution in [0, 0.1) is 0 Å². The highest BCUT2D eigenvalue weighted by Gasteiger charge is 2.27. The fraction of sp³-hybridized carbons (Fsp3) is 0. The summed E-state index contributed by atoms with van der Waals surface area (Å²) in [6.45, 7) is 0. The van der Waals surface area contributed by atoms with E-state index >= 15 is 0 Å². The minimum absolute atomic E-state index is 0.605. The summed E-state index contributed by atoms with van der Waals surface area (Å²) >= 11 is 5.64. The molecule has 11 nitrogen and oxygen atoms in total. The molecule has 0 aliphatic heterocycles. The fourth-order valence-electron chi connectivity index (χ4n) is 21.6. The monoisotopic (exact) mass is 1840 g/mol. The molecule has 0 bridgehead atoms. The topological polar surface area (TPSA) is 110 Å². The average molecular weight is 1840 g/mol. The van der Waals surface area contributed by atoms with Gasteiger partial charge in [-0.2, -0.15) is 0 Å². The number of fused-ring (bicyclic) bond motifs is 26. The number of rotatable bonds is 12. The zero-order valence-corrected chi connectivity index (χ0v) is 77.3. The van der Waals surface area contributed by atoms with Gasteiger partial charge in [-0.1, -0.05) is 303 Å². The molecule has 0 spiro atoms. The highest BCUT2D eigenvalue weighted by atomic mass is 32.1. The molecule has 0 fully saturated rings. The lowest BCUT2D eigenvalue weighted by Crippen LogP contribution is -2.00. The maximum atomic E-state index is 6.50. The van der Waals surface area contributed by atoms with Gasteiger partial charge in [-0.05, 0) is 168 Å². The van der Waals surface area contributed by atoms with Crippen molar-refractivity contribution in [2.24, 2.45) is 0 Å². The Morgan fingerprint density at radius 1 is 0.164 bits per heavy atom. The lowest BCUT2D eigenvalue weighted by atomic mass is 10.0. The Bertz CT molecular complexity index is 9640. The molecule has 0 N–H and O–H groups in total. The average Bonchev–Trinajstić information content (AvgIpc) is 1.56. The van der Waals surface area contributed by atoms with Crippen molar-refractivity contribution in [2.75, 3.05) is 0 Å². The second-order valence-corrected chi connectivity index (χ2v) is 39.0. The molecule has 30 rings (SSSR count). The van der Waals surface area contributed by atoms with Gasteiger partial charge in [0.1, 0.15) is 11.2 Å². The van der Waals surface area contributed by atoms with Gasteiger partial charge in [0.25, 0.3) is 0 Å². The lowest BCUT2D eigenvalue weighted by Gasteiger charge is -2.10. The fourth-order valence-corrected chi connectivity index (χ4v) is 25.4. The molecule has 10 heterocycles. The van der Waals surface area contributed by atoms with E-state index in [0.29, 0.717) is 34.9 Å². The molecule has 0 aliphatic carbocycles. The number of para-hydroxylation sites is 6. The number of nitrogens with zero attached hydrogens (tertiary/aromatic N) is 10.